The molecule has 6 nitrogen and oxygen atoms in total. The SMILES string of the molecule is COc1ccccc1N1CCN(c2cc(C)nc(NC(C)(C)C)n2)CC1. The number of anilines is 3. The maximum absolute atomic E-state index is 5.50. The fraction of sp³-hybridized carbons (Fsp3) is 0.500. The van der Waals surface area contributed by atoms with Crippen LogP contribution < -0.4 is 19.9 Å². The lowest BCUT2D eigenvalue weighted by molar-refractivity contribution is 0.413. The van der Waals surface area contributed by atoms with E-state index in [1.165, 1.54) is 0 Å². The first-order chi connectivity index (χ1) is 12.4. The van der Waals surface area contributed by atoms with Crippen LogP contribution in [0.5, 0.6) is 5.75 Å². The van der Waals surface area contributed by atoms with Crippen molar-refractivity contribution in [2.75, 3.05) is 48.4 Å². The number of nitrogens with zero attached hydrogens (tertiary/aromatic N) is 4. The molecule has 1 N–H and O–H groups in total. The van der Waals surface area contributed by atoms with Crippen LogP contribution in [0.2, 0.25) is 0 Å². The predicted molar refractivity (Wildman–Crippen MR) is 108 cm³/mol. The van der Waals surface area contributed by atoms with Gasteiger partial charge in [-0.05, 0) is 39.8 Å². The summed E-state index contributed by atoms with van der Waals surface area (Å²) in [6.07, 6.45) is 0. The van der Waals surface area contributed by atoms with Crippen LogP contribution in [0, 0.1) is 6.92 Å². The van der Waals surface area contributed by atoms with Gasteiger partial charge in [-0.2, -0.15) is 4.98 Å². The fourth-order valence-electron chi connectivity index (χ4n) is 3.17. The van der Waals surface area contributed by atoms with Crippen molar-refractivity contribution in [3.05, 3.63) is 36.0 Å². The van der Waals surface area contributed by atoms with Gasteiger partial charge in [-0.1, -0.05) is 12.1 Å². The molecule has 0 saturated carbocycles. The van der Waals surface area contributed by atoms with Crippen molar-refractivity contribution in [3.63, 3.8) is 0 Å². The molecular weight excluding hydrogens is 326 g/mol. The number of benzene rings is 1. The largest absolute Gasteiger partial charge is 0.495 e. The number of hydrogen-bond acceptors (Lipinski definition) is 6. The molecule has 0 atom stereocenters. The number of ether oxygens (including phenoxy) is 1. The second-order valence-corrected chi connectivity index (χ2v) is 7.71. The molecule has 1 aromatic carbocycles. The number of para-hydroxylation sites is 2. The molecule has 140 valence electrons. The van der Waals surface area contributed by atoms with Gasteiger partial charge in [0.25, 0.3) is 0 Å². The van der Waals surface area contributed by atoms with E-state index in [1.54, 1.807) is 7.11 Å². The summed E-state index contributed by atoms with van der Waals surface area (Å²) in [6, 6.07) is 10.3. The number of piperazine rings is 1. The maximum atomic E-state index is 5.50. The molecule has 1 aliphatic rings. The van der Waals surface area contributed by atoms with Crippen molar-refractivity contribution in [1.29, 1.82) is 0 Å². The Labute approximate surface area is 156 Å². The summed E-state index contributed by atoms with van der Waals surface area (Å²) >= 11 is 0. The van der Waals surface area contributed by atoms with Gasteiger partial charge in [-0.15, -0.1) is 0 Å². The minimum atomic E-state index is -0.0619. The standard InChI is InChI=1S/C20H29N5O/c1-15-14-18(22-19(21-15)23-20(2,3)4)25-12-10-24(11-13-25)16-8-6-7-9-17(16)26-5/h6-9,14H,10-13H2,1-5H3,(H,21,22,23). The molecular formula is C20H29N5O. The van der Waals surface area contributed by atoms with Crippen LogP contribution in [0.3, 0.4) is 0 Å². The number of rotatable bonds is 4. The quantitative estimate of drug-likeness (QED) is 0.908. The average Bonchev–Trinajstić information content (AvgIpc) is 2.60. The Morgan fingerprint density at radius 1 is 1.00 bits per heavy atom. The number of aromatic nitrogens is 2. The first-order valence-corrected chi connectivity index (χ1v) is 9.12. The normalized spacial score (nSPS) is 15.1. The topological polar surface area (TPSA) is 53.5 Å². The molecule has 1 aliphatic heterocycles. The van der Waals surface area contributed by atoms with Gasteiger partial charge in [0.05, 0.1) is 12.8 Å². The molecule has 6 heteroatoms. The third-order valence-electron chi connectivity index (χ3n) is 4.36. The van der Waals surface area contributed by atoms with Crippen molar-refractivity contribution in [3.8, 4) is 5.75 Å². The Bertz CT molecular complexity index is 748. The van der Waals surface area contributed by atoms with Crippen LogP contribution in [0.25, 0.3) is 0 Å². The van der Waals surface area contributed by atoms with Crippen molar-refractivity contribution in [1.82, 2.24) is 9.97 Å². The highest BCUT2D eigenvalue weighted by atomic mass is 16.5. The number of aryl methyl sites for hydroxylation is 1. The Balaban J connectivity index is 1.72. The summed E-state index contributed by atoms with van der Waals surface area (Å²) < 4.78 is 5.50. The Kier molecular flexibility index (Phi) is 5.20. The van der Waals surface area contributed by atoms with Gasteiger partial charge in [0.1, 0.15) is 11.6 Å². The number of nitrogens with one attached hydrogen (secondary N) is 1. The van der Waals surface area contributed by atoms with Crippen LogP contribution in [0.15, 0.2) is 30.3 Å². The van der Waals surface area contributed by atoms with Gasteiger partial charge >= 0.3 is 0 Å². The summed E-state index contributed by atoms with van der Waals surface area (Å²) in [4.78, 5) is 14.0. The molecule has 3 rings (SSSR count). The first-order valence-electron chi connectivity index (χ1n) is 9.12. The van der Waals surface area contributed by atoms with Gasteiger partial charge in [0.2, 0.25) is 5.95 Å². The number of hydrogen-bond donors (Lipinski definition) is 1. The van der Waals surface area contributed by atoms with E-state index in [4.69, 9.17) is 9.72 Å². The molecule has 2 heterocycles. The van der Waals surface area contributed by atoms with Crippen molar-refractivity contribution in [2.24, 2.45) is 0 Å². The molecule has 1 saturated heterocycles. The lowest BCUT2D eigenvalue weighted by Crippen LogP contribution is -2.47. The Morgan fingerprint density at radius 2 is 1.65 bits per heavy atom. The van der Waals surface area contributed by atoms with E-state index in [0.29, 0.717) is 5.95 Å². The van der Waals surface area contributed by atoms with E-state index in [0.717, 1.165) is 49.1 Å². The highest BCUT2D eigenvalue weighted by Gasteiger charge is 2.21. The van der Waals surface area contributed by atoms with E-state index in [1.807, 2.05) is 19.1 Å². The smallest absolute Gasteiger partial charge is 0.225 e. The molecule has 26 heavy (non-hydrogen) atoms. The minimum Gasteiger partial charge on any atom is -0.495 e. The lowest BCUT2D eigenvalue weighted by Gasteiger charge is -2.37. The van der Waals surface area contributed by atoms with Crippen LogP contribution in [0.1, 0.15) is 26.5 Å². The van der Waals surface area contributed by atoms with E-state index < -0.39 is 0 Å². The fourth-order valence-corrected chi connectivity index (χ4v) is 3.17. The predicted octanol–water partition coefficient (Wildman–Crippen LogP) is 3.33. The average molecular weight is 355 g/mol. The third-order valence-corrected chi connectivity index (χ3v) is 4.36. The summed E-state index contributed by atoms with van der Waals surface area (Å²) in [6.45, 7) is 12.1. The highest BCUT2D eigenvalue weighted by molar-refractivity contribution is 5.59. The lowest BCUT2D eigenvalue weighted by atomic mass is 10.1. The molecule has 0 unspecified atom stereocenters. The van der Waals surface area contributed by atoms with Gasteiger partial charge in [-0.3, -0.25) is 0 Å². The van der Waals surface area contributed by atoms with Crippen LogP contribution in [-0.4, -0.2) is 48.8 Å². The molecule has 0 spiro atoms. The molecule has 1 fully saturated rings. The second-order valence-electron chi connectivity index (χ2n) is 7.71. The van der Waals surface area contributed by atoms with E-state index >= 15 is 0 Å². The van der Waals surface area contributed by atoms with Crippen molar-refractivity contribution >= 4 is 17.5 Å². The molecule has 0 radical (unpaired) electrons. The van der Waals surface area contributed by atoms with Gasteiger partial charge in [-0.25, -0.2) is 4.98 Å². The summed E-state index contributed by atoms with van der Waals surface area (Å²) in [5, 5.41) is 3.38. The molecule has 1 aromatic heterocycles. The molecule has 0 aliphatic carbocycles. The zero-order chi connectivity index (χ0) is 18.7. The Hall–Kier alpha value is -2.50. The van der Waals surface area contributed by atoms with Crippen molar-refractivity contribution < 1.29 is 4.74 Å². The third kappa shape index (κ3) is 4.36. The van der Waals surface area contributed by atoms with E-state index in [-0.39, 0.29) is 5.54 Å². The van der Waals surface area contributed by atoms with Gasteiger partial charge in [0.15, 0.2) is 0 Å². The first kappa shape index (κ1) is 18.3. The molecule has 0 bridgehead atoms. The Morgan fingerprint density at radius 3 is 2.31 bits per heavy atom. The summed E-state index contributed by atoms with van der Waals surface area (Å²) in [5.41, 5.74) is 2.07. The van der Waals surface area contributed by atoms with Crippen molar-refractivity contribution in [2.45, 2.75) is 33.2 Å². The number of methoxy groups -OCH3 is 1. The van der Waals surface area contributed by atoms with Crippen LogP contribution >= 0.6 is 0 Å². The monoisotopic (exact) mass is 355 g/mol. The van der Waals surface area contributed by atoms with Crippen LogP contribution in [0.4, 0.5) is 17.5 Å². The van der Waals surface area contributed by atoms with E-state index in [9.17, 15) is 0 Å². The highest BCUT2D eigenvalue weighted by Crippen LogP contribution is 2.29. The molecule has 0 amide bonds. The zero-order valence-electron chi connectivity index (χ0n) is 16.4. The molecule has 2 aromatic rings. The van der Waals surface area contributed by atoms with Gasteiger partial charge in [0, 0.05) is 43.5 Å². The minimum absolute atomic E-state index is 0.0619. The summed E-state index contributed by atoms with van der Waals surface area (Å²) in [7, 11) is 1.72. The van der Waals surface area contributed by atoms with E-state index in [2.05, 4.69) is 59.1 Å². The maximum Gasteiger partial charge on any atom is 0.225 e. The summed E-state index contributed by atoms with van der Waals surface area (Å²) in [5.74, 6) is 2.61. The second kappa shape index (κ2) is 7.40. The van der Waals surface area contributed by atoms with Crippen LogP contribution in [-0.2, 0) is 0 Å². The zero-order valence-corrected chi connectivity index (χ0v) is 16.4. The van der Waals surface area contributed by atoms with Gasteiger partial charge < -0.3 is 19.9 Å².